The van der Waals surface area contributed by atoms with E-state index in [0.717, 1.165) is 10.0 Å². The van der Waals surface area contributed by atoms with E-state index in [2.05, 4.69) is 21.1 Å². The van der Waals surface area contributed by atoms with Crippen molar-refractivity contribution in [3.63, 3.8) is 0 Å². The predicted octanol–water partition coefficient (Wildman–Crippen LogP) is 2.66. The molecule has 4 nitrogen and oxygen atoms in total. The van der Waals surface area contributed by atoms with Gasteiger partial charge in [-0.25, -0.2) is 0 Å². The SMILES string of the molecule is CCOc1cc(Br)c(/C=N/O)cc1OC. The summed E-state index contributed by atoms with van der Waals surface area (Å²) in [5, 5.41) is 11.4. The highest BCUT2D eigenvalue weighted by Gasteiger charge is 2.08. The Labute approximate surface area is 96.6 Å². The molecule has 15 heavy (non-hydrogen) atoms. The Bertz CT molecular complexity index is 366. The van der Waals surface area contributed by atoms with Crippen LogP contribution in [-0.2, 0) is 0 Å². The molecule has 0 radical (unpaired) electrons. The smallest absolute Gasteiger partial charge is 0.162 e. The van der Waals surface area contributed by atoms with Gasteiger partial charge in [0.1, 0.15) is 0 Å². The van der Waals surface area contributed by atoms with Gasteiger partial charge in [0.2, 0.25) is 0 Å². The number of rotatable bonds is 4. The van der Waals surface area contributed by atoms with E-state index in [1.807, 2.05) is 6.92 Å². The first-order chi connectivity index (χ1) is 7.22. The molecule has 0 spiro atoms. The van der Waals surface area contributed by atoms with Crippen molar-refractivity contribution in [2.24, 2.45) is 5.16 Å². The van der Waals surface area contributed by atoms with Crippen LogP contribution in [0.3, 0.4) is 0 Å². The molecule has 0 amide bonds. The Morgan fingerprint density at radius 1 is 1.47 bits per heavy atom. The van der Waals surface area contributed by atoms with Crippen LogP contribution in [0, 0.1) is 0 Å². The molecule has 0 aliphatic carbocycles. The number of hydrogen-bond donors (Lipinski definition) is 1. The van der Waals surface area contributed by atoms with E-state index in [1.54, 1.807) is 19.2 Å². The Kier molecular flexibility index (Phi) is 4.42. The molecule has 0 aliphatic heterocycles. The number of nitrogens with zero attached hydrogens (tertiary/aromatic N) is 1. The Morgan fingerprint density at radius 3 is 2.73 bits per heavy atom. The maximum absolute atomic E-state index is 8.46. The second-order valence-corrected chi connectivity index (χ2v) is 3.56. The highest BCUT2D eigenvalue weighted by atomic mass is 79.9. The summed E-state index contributed by atoms with van der Waals surface area (Å²) in [6, 6.07) is 3.51. The molecule has 1 rings (SSSR count). The Balaban J connectivity index is 3.16. The molecule has 5 heteroatoms. The summed E-state index contributed by atoms with van der Waals surface area (Å²) >= 11 is 3.34. The lowest BCUT2D eigenvalue weighted by atomic mass is 10.2. The fraction of sp³-hybridized carbons (Fsp3) is 0.300. The fourth-order valence-corrected chi connectivity index (χ4v) is 1.56. The van der Waals surface area contributed by atoms with Gasteiger partial charge >= 0.3 is 0 Å². The fourth-order valence-electron chi connectivity index (χ4n) is 1.14. The average Bonchev–Trinajstić information content (AvgIpc) is 2.22. The van der Waals surface area contributed by atoms with Crippen LogP contribution in [-0.4, -0.2) is 25.1 Å². The molecule has 0 unspecified atom stereocenters. The summed E-state index contributed by atoms with van der Waals surface area (Å²) < 4.78 is 11.3. The predicted molar refractivity (Wildman–Crippen MR) is 61.2 cm³/mol. The van der Waals surface area contributed by atoms with E-state index >= 15 is 0 Å². The summed E-state index contributed by atoms with van der Waals surface area (Å²) in [5.74, 6) is 1.26. The van der Waals surface area contributed by atoms with Crippen molar-refractivity contribution in [3.8, 4) is 11.5 Å². The monoisotopic (exact) mass is 273 g/mol. The van der Waals surface area contributed by atoms with Gasteiger partial charge in [-0.05, 0) is 35.0 Å². The summed E-state index contributed by atoms with van der Waals surface area (Å²) in [6.45, 7) is 2.46. The van der Waals surface area contributed by atoms with Crippen LogP contribution < -0.4 is 9.47 Å². The Hall–Kier alpha value is -1.23. The van der Waals surface area contributed by atoms with E-state index < -0.39 is 0 Å². The van der Waals surface area contributed by atoms with Crippen molar-refractivity contribution in [1.82, 2.24) is 0 Å². The van der Waals surface area contributed by atoms with Crippen molar-refractivity contribution in [2.45, 2.75) is 6.92 Å². The number of hydrogen-bond acceptors (Lipinski definition) is 4. The van der Waals surface area contributed by atoms with Gasteiger partial charge in [0.15, 0.2) is 11.5 Å². The molecule has 1 N–H and O–H groups in total. The lowest BCUT2D eigenvalue weighted by molar-refractivity contribution is 0.310. The first kappa shape index (κ1) is 11.8. The van der Waals surface area contributed by atoms with Crippen molar-refractivity contribution in [1.29, 1.82) is 0 Å². The number of ether oxygens (including phenoxy) is 2. The number of oxime groups is 1. The summed E-state index contributed by atoms with van der Waals surface area (Å²) in [6.07, 6.45) is 1.32. The van der Waals surface area contributed by atoms with Crippen LogP contribution in [0.4, 0.5) is 0 Å². The third kappa shape index (κ3) is 2.86. The molecule has 0 aliphatic rings. The highest BCUT2D eigenvalue weighted by molar-refractivity contribution is 9.10. The zero-order chi connectivity index (χ0) is 11.3. The summed E-state index contributed by atoms with van der Waals surface area (Å²) in [7, 11) is 1.56. The average molecular weight is 274 g/mol. The highest BCUT2D eigenvalue weighted by Crippen LogP contribution is 2.32. The normalized spacial score (nSPS) is 10.6. The molecule has 82 valence electrons. The number of methoxy groups -OCH3 is 1. The molecule has 0 saturated carbocycles. The number of benzene rings is 1. The zero-order valence-electron chi connectivity index (χ0n) is 8.53. The van der Waals surface area contributed by atoms with Crippen LogP contribution in [0.15, 0.2) is 21.8 Å². The molecule has 0 bridgehead atoms. The van der Waals surface area contributed by atoms with Gasteiger partial charge in [0.25, 0.3) is 0 Å². The molecule has 0 atom stereocenters. The maximum atomic E-state index is 8.46. The third-order valence-corrected chi connectivity index (χ3v) is 2.47. The van der Waals surface area contributed by atoms with Gasteiger partial charge in [-0.15, -0.1) is 0 Å². The van der Waals surface area contributed by atoms with Gasteiger partial charge < -0.3 is 14.7 Å². The lowest BCUT2D eigenvalue weighted by Crippen LogP contribution is -1.97. The van der Waals surface area contributed by atoms with E-state index in [-0.39, 0.29) is 0 Å². The van der Waals surface area contributed by atoms with Gasteiger partial charge in [-0.2, -0.15) is 0 Å². The van der Waals surface area contributed by atoms with Crippen LogP contribution in [0.2, 0.25) is 0 Å². The molecule has 0 fully saturated rings. The van der Waals surface area contributed by atoms with Gasteiger partial charge in [-0.3, -0.25) is 0 Å². The minimum atomic E-state index is 0.566. The van der Waals surface area contributed by atoms with Crippen molar-refractivity contribution in [2.75, 3.05) is 13.7 Å². The minimum Gasteiger partial charge on any atom is -0.493 e. The van der Waals surface area contributed by atoms with Crippen molar-refractivity contribution >= 4 is 22.1 Å². The van der Waals surface area contributed by atoms with Crippen molar-refractivity contribution in [3.05, 3.63) is 22.2 Å². The topological polar surface area (TPSA) is 51.0 Å². The van der Waals surface area contributed by atoms with Crippen LogP contribution >= 0.6 is 15.9 Å². The molecular formula is C10H12BrNO3. The van der Waals surface area contributed by atoms with Crippen molar-refractivity contribution < 1.29 is 14.7 Å². The first-order valence-electron chi connectivity index (χ1n) is 4.40. The molecular weight excluding hydrogens is 262 g/mol. The summed E-state index contributed by atoms with van der Waals surface area (Å²) in [5.41, 5.74) is 0.720. The second kappa shape index (κ2) is 5.60. The molecule has 1 aromatic rings. The van der Waals surface area contributed by atoms with Crippen LogP contribution in [0.25, 0.3) is 0 Å². The molecule has 0 saturated heterocycles. The third-order valence-electron chi connectivity index (χ3n) is 1.78. The first-order valence-corrected chi connectivity index (χ1v) is 5.20. The van der Waals surface area contributed by atoms with Crippen LogP contribution in [0.1, 0.15) is 12.5 Å². The maximum Gasteiger partial charge on any atom is 0.162 e. The molecule has 0 heterocycles. The Morgan fingerprint density at radius 2 is 2.20 bits per heavy atom. The van der Waals surface area contributed by atoms with Gasteiger partial charge in [0.05, 0.1) is 19.9 Å². The lowest BCUT2D eigenvalue weighted by Gasteiger charge is -2.10. The molecule has 1 aromatic carbocycles. The molecule has 0 aromatic heterocycles. The van der Waals surface area contributed by atoms with E-state index in [0.29, 0.717) is 18.1 Å². The van der Waals surface area contributed by atoms with E-state index in [1.165, 1.54) is 6.21 Å². The van der Waals surface area contributed by atoms with E-state index in [4.69, 9.17) is 14.7 Å². The van der Waals surface area contributed by atoms with Gasteiger partial charge in [-0.1, -0.05) is 5.16 Å². The largest absolute Gasteiger partial charge is 0.493 e. The zero-order valence-corrected chi connectivity index (χ0v) is 10.1. The second-order valence-electron chi connectivity index (χ2n) is 2.70. The van der Waals surface area contributed by atoms with E-state index in [9.17, 15) is 0 Å². The van der Waals surface area contributed by atoms with Crippen LogP contribution in [0.5, 0.6) is 11.5 Å². The summed E-state index contributed by atoms with van der Waals surface area (Å²) in [4.78, 5) is 0. The standard InChI is InChI=1S/C10H12BrNO3/c1-3-15-10-5-8(11)7(6-12-13)4-9(10)14-2/h4-6,13H,3H2,1-2H3/b12-6+. The minimum absolute atomic E-state index is 0.566. The van der Waals surface area contributed by atoms with Gasteiger partial charge in [0, 0.05) is 10.0 Å². The quantitative estimate of drug-likeness (QED) is 0.521. The number of halogens is 1.